The van der Waals surface area contributed by atoms with Crippen molar-refractivity contribution in [2.75, 3.05) is 39.5 Å². The second-order valence-electron chi connectivity index (χ2n) is 5.12. The summed E-state index contributed by atoms with van der Waals surface area (Å²) >= 11 is 0. The molecule has 1 aliphatic heterocycles. The molecular formula is C16H22N2O3. The molecule has 1 aliphatic rings. The number of likely N-dealkylation sites (tertiary alicyclic amines) is 1. The number of nitrogens with zero attached hydrogens (tertiary/aromatic N) is 2. The van der Waals surface area contributed by atoms with Crippen LogP contribution in [-0.2, 0) is 4.74 Å². The summed E-state index contributed by atoms with van der Waals surface area (Å²) in [5, 5.41) is 17.5. The van der Waals surface area contributed by atoms with Crippen molar-refractivity contribution >= 4 is 0 Å². The van der Waals surface area contributed by atoms with Gasteiger partial charge in [-0.2, -0.15) is 5.26 Å². The molecule has 0 amide bonds. The predicted octanol–water partition coefficient (Wildman–Crippen LogP) is 1.41. The van der Waals surface area contributed by atoms with Crippen molar-refractivity contribution in [1.82, 2.24) is 4.90 Å². The highest BCUT2D eigenvalue weighted by Gasteiger charge is 2.19. The molecule has 21 heavy (non-hydrogen) atoms. The van der Waals surface area contributed by atoms with Gasteiger partial charge in [-0.15, -0.1) is 0 Å². The molecular weight excluding hydrogens is 268 g/mol. The summed E-state index contributed by atoms with van der Waals surface area (Å²) in [5.41, 5.74) is 0.646. The number of piperidine rings is 1. The highest BCUT2D eigenvalue weighted by molar-refractivity contribution is 5.34. The van der Waals surface area contributed by atoms with Crippen molar-refractivity contribution in [2.24, 2.45) is 0 Å². The first kappa shape index (κ1) is 15.8. The second kappa shape index (κ2) is 8.63. The molecule has 0 radical (unpaired) electrons. The zero-order chi connectivity index (χ0) is 14.9. The Balaban J connectivity index is 1.62. The summed E-state index contributed by atoms with van der Waals surface area (Å²) in [6.07, 6.45) is 2.31. The molecule has 0 aromatic heterocycles. The Hall–Kier alpha value is -1.61. The highest BCUT2D eigenvalue weighted by Crippen LogP contribution is 2.14. The number of aliphatic hydroxyl groups excluding tert-OH is 1. The van der Waals surface area contributed by atoms with Crippen molar-refractivity contribution in [3.63, 3.8) is 0 Å². The van der Waals surface area contributed by atoms with Crippen molar-refractivity contribution in [1.29, 1.82) is 5.26 Å². The van der Waals surface area contributed by atoms with Gasteiger partial charge in [0.15, 0.2) is 0 Å². The molecule has 1 fully saturated rings. The summed E-state index contributed by atoms with van der Waals surface area (Å²) in [7, 11) is 0. The van der Waals surface area contributed by atoms with E-state index in [1.54, 1.807) is 12.1 Å². The Morgan fingerprint density at radius 3 is 2.52 bits per heavy atom. The van der Waals surface area contributed by atoms with Gasteiger partial charge in [-0.3, -0.25) is 4.90 Å². The number of aliphatic hydroxyl groups is 1. The van der Waals surface area contributed by atoms with Gasteiger partial charge >= 0.3 is 0 Å². The molecule has 1 N–H and O–H groups in total. The lowest BCUT2D eigenvalue weighted by molar-refractivity contribution is -0.00923. The molecule has 5 nitrogen and oxygen atoms in total. The van der Waals surface area contributed by atoms with E-state index in [1.807, 2.05) is 12.1 Å². The molecule has 5 heteroatoms. The predicted molar refractivity (Wildman–Crippen MR) is 79.2 cm³/mol. The summed E-state index contributed by atoms with van der Waals surface area (Å²) in [6, 6.07) is 9.27. The lowest BCUT2D eigenvalue weighted by atomic mass is 10.1. The van der Waals surface area contributed by atoms with Crippen LogP contribution >= 0.6 is 0 Å². The maximum absolute atomic E-state index is 8.74. The van der Waals surface area contributed by atoms with Crippen LogP contribution in [0.3, 0.4) is 0 Å². The largest absolute Gasteiger partial charge is 0.492 e. The van der Waals surface area contributed by atoms with E-state index in [1.165, 1.54) is 0 Å². The average Bonchev–Trinajstić information content (AvgIpc) is 2.55. The standard InChI is InChI=1S/C16H22N2O3/c17-13-14-1-3-15(4-2-14)20-11-9-18-7-5-16(6-8-18)21-12-10-19/h1-4,16,19H,5-12H2. The third kappa shape index (κ3) is 5.35. The molecule has 0 bridgehead atoms. The number of hydrogen-bond donors (Lipinski definition) is 1. The van der Waals surface area contributed by atoms with Crippen LogP contribution in [0.4, 0.5) is 0 Å². The maximum atomic E-state index is 8.74. The van der Waals surface area contributed by atoms with E-state index in [9.17, 15) is 0 Å². The third-order valence-electron chi connectivity index (χ3n) is 3.64. The first-order valence-corrected chi connectivity index (χ1v) is 7.39. The van der Waals surface area contributed by atoms with Crippen LogP contribution in [0.1, 0.15) is 18.4 Å². The maximum Gasteiger partial charge on any atom is 0.119 e. The van der Waals surface area contributed by atoms with Gasteiger partial charge in [-0.25, -0.2) is 0 Å². The monoisotopic (exact) mass is 290 g/mol. The minimum atomic E-state index is 0.0959. The van der Waals surface area contributed by atoms with Crippen LogP contribution < -0.4 is 4.74 Å². The summed E-state index contributed by atoms with van der Waals surface area (Å²) < 4.78 is 11.2. The van der Waals surface area contributed by atoms with Crippen LogP contribution in [0, 0.1) is 11.3 Å². The van der Waals surface area contributed by atoms with Crippen LogP contribution in [0.2, 0.25) is 0 Å². The molecule has 1 aromatic rings. The lowest BCUT2D eigenvalue weighted by Gasteiger charge is -2.31. The van der Waals surface area contributed by atoms with Gasteiger partial charge in [0.05, 0.1) is 31.0 Å². The number of rotatable bonds is 7. The fourth-order valence-corrected chi connectivity index (χ4v) is 2.44. The minimum absolute atomic E-state index is 0.0959. The summed E-state index contributed by atoms with van der Waals surface area (Å²) in [6.45, 7) is 4.09. The first-order valence-electron chi connectivity index (χ1n) is 7.39. The van der Waals surface area contributed by atoms with Gasteiger partial charge in [0.1, 0.15) is 12.4 Å². The van der Waals surface area contributed by atoms with Crippen LogP contribution in [-0.4, -0.2) is 55.6 Å². The lowest BCUT2D eigenvalue weighted by Crippen LogP contribution is -2.39. The molecule has 1 aromatic carbocycles. The summed E-state index contributed by atoms with van der Waals surface area (Å²) in [4.78, 5) is 2.36. The van der Waals surface area contributed by atoms with Crippen LogP contribution in [0.25, 0.3) is 0 Å². The average molecular weight is 290 g/mol. The van der Waals surface area contributed by atoms with Gasteiger partial charge in [-0.05, 0) is 37.1 Å². The minimum Gasteiger partial charge on any atom is -0.492 e. The molecule has 0 spiro atoms. The van der Waals surface area contributed by atoms with E-state index in [0.717, 1.165) is 38.2 Å². The van der Waals surface area contributed by atoms with Crippen molar-refractivity contribution in [2.45, 2.75) is 18.9 Å². The van der Waals surface area contributed by atoms with E-state index in [2.05, 4.69) is 11.0 Å². The molecule has 1 heterocycles. The Morgan fingerprint density at radius 1 is 1.19 bits per heavy atom. The smallest absolute Gasteiger partial charge is 0.119 e. The number of benzene rings is 1. The zero-order valence-corrected chi connectivity index (χ0v) is 12.2. The Morgan fingerprint density at radius 2 is 1.90 bits per heavy atom. The van der Waals surface area contributed by atoms with Crippen molar-refractivity contribution in [3.8, 4) is 11.8 Å². The highest BCUT2D eigenvalue weighted by atomic mass is 16.5. The van der Waals surface area contributed by atoms with Crippen LogP contribution in [0.15, 0.2) is 24.3 Å². The van der Waals surface area contributed by atoms with Crippen molar-refractivity contribution < 1.29 is 14.6 Å². The number of hydrogen-bond acceptors (Lipinski definition) is 5. The zero-order valence-electron chi connectivity index (χ0n) is 12.2. The van der Waals surface area contributed by atoms with Gasteiger partial charge in [0.2, 0.25) is 0 Å². The molecule has 0 unspecified atom stereocenters. The fourth-order valence-electron chi connectivity index (χ4n) is 2.44. The normalized spacial score (nSPS) is 16.6. The van der Waals surface area contributed by atoms with E-state index < -0.39 is 0 Å². The SMILES string of the molecule is N#Cc1ccc(OCCN2CCC(OCCO)CC2)cc1. The van der Waals surface area contributed by atoms with Gasteiger partial charge < -0.3 is 14.6 Å². The molecule has 2 rings (SSSR count). The number of ether oxygens (including phenoxy) is 2. The van der Waals surface area contributed by atoms with E-state index >= 15 is 0 Å². The molecule has 0 aliphatic carbocycles. The van der Waals surface area contributed by atoms with Gasteiger partial charge in [-0.1, -0.05) is 0 Å². The Labute approximate surface area is 125 Å². The Bertz CT molecular complexity index is 448. The van der Waals surface area contributed by atoms with Gasteiger partial charge in [0.25, 0.3) is 0 Å². The van der Waals surface area contributed by atoms with E-state index in [-0.39, 0.29) is 12.7 Å². The van der Waals surface area contributed by atoms with Crippen molar-refractivity contribution in [3.05, 3.63) is 29.8 Å². The molecule has 1 saturated heterocycles. The Kier molecular flexibility index (Phi) is 6.48. The van der Waals surface area contributed by atoms with E-state index in [0.29, 0.717) is 18.8 Å². The van der Waals surface area contributed by atoms with E-state index in [4.69, 9.17) is 19.8 Å². The second-order valence-corrected chi connectivity index (χ2v) is 5.12. The molecule has 0 atom stereocenters. The third-order valence-corrected chi connectivity index (χ3v) is 3.64. The first-order chi connectivity index (χ1) is 10.3. The topological polar surface area (TPSA) is 65.7 Å². The number of nitriles is 1. The quantitative estimate of drug-likeness (QED) is 0.822. The molecule has 114 valence electrons. The van der Waals surface area contributed by atoms with Gasteiger partial charge in [0, 0.05) is 19.6 Å². The molecule has 0 saturated carbocycles. The summed E-state index contributed by atoms with van der Waals surface area (Å²) in [5.74, 6) is 0.801. The fraction of sp³-hybridized carbons (Fsp3) is 0.562. The van der Waals surface area contributed by atoms with Crippen LogP contribution in [0.5, 0.6) is 5.75 Å².